The Labute approximate surface area is 105 Å². The molecule has 0 aromatic carbocycles. The second kappa shape index (κ2) is 7.52. The van der Waals surface area contributed by atoms with Crippen LogP contribution in [0.3, 0.4) is 0 Å². The third-order valence-electron chi connectivity index (χ3n) is 2.62. The minimum absolute atomic E-state index is 0.392. The first-order valence-corrected chi connectivity index (χ1v) is 6.92. The van der Waals surface area contributed by atoms with E-state index in [0.29, 0.717) is 6.61 Å². The molecule has 102 valence electrons. The smallest absolute Gasteiger partial charge is 0.186 e. The molecule has 17 heavy (non-hydrogen) atoms. The van der Waals surface area contributed by atoms with Crippen LogP contribution < -0.4 is 0 Å². The van der Waals surface area contributed by atoms with Gasteiger partial charge in [-0.1, -0.05) is 0 Å². The second-order valence-corrected chi connectivity index (χ2v) is 4.90. The largest absolute Gasteiger partial charge is 0.394 e. The lowest BCUT2D eigenvalue weighted by Crippen LogP contribution is -2.59. The molecule has 1 aliphatic rings. The quantitative estimate of drug-likeness (QED) is 0.438. The Balaban J connectivity index is 2.42. The van der Waals surface area contributed by atoms with Gasteiger partial charge in [-0.2, -0.15) is 11.8 Å². The van der Waals surface area contributed by atoms with E-state index in [-0.39, 0.29) is 0 Å². The fourth-order valence-electron chi connectivity index (χ4n) is 1.61. The van der Waals surface area contributed by atoms with Crippen molar-refractivity contribution < 1.29 is 29.9 Å². The molecule has 0 saturated carbocycles. The van der Waals surface area contributed by atoms with Crippen LogP contribution in [-0.2, 0) is 9.47 Å². The normalized spacial score (nSPS) is 38.3. The van der Waals surface area contributed by atoms with Crippen molar-refractivity contribution in [3.63, 3.8) is 0 Å². The lowest BCUT2D eigenvalue weighted by atomic mass is 9.99. The molecular formula is C10H20O6S. The van der Waals surface area contributed by atoms with Gasteiger partial charge in [-0.25, -0.2) is 0 Å². The molecule has 0 aromatic heterocycles. The van der Waals surface area contributed by atoms with E-state index in [0.717, 1.165) is 12.2 Å². The van der Waals surface area contributed by atoms with Crippen molar-refractivity contribution in [2.24, 2.45) is 0 Å². The van der Waals surface area contributed by atoms with Gasteiger partial charge in [0.15, 0.2) is 6.29 Å². The summed E-state index contributed by atoms with van der Waals surface area (Å²) in [6, 6.07) is 0. The molecule has 5 atom stereocenters. The lowest BCUT2D eigenvalue weighted by Gasteiger charge is -2.39. The summed E-state index contributed by atoms with van der Waals surface area (Å²) in [5, 5.41) is 37.6. The Morgan fingerprint density at radius 1 is 1.18 bits per heavy atom. The SMILES string of the molecule is CSCCCO[C@H]1OC(CO)[C@@H](O)C(O)C1O. The Hall–Kier alpha value is 0.110. The zero-order chi connectivity index (χ0) is 12.8. The van der Waals surface area contributed by atoms with Crippen LogP contribution in [0.4, 0.5) is 0 Å². The van der Waals surface area contributed by atoms with Gasteiger partial charge in [0.05, 0.1) is 13.2 Å². The van der Waals surface area contributed by atoms with Crippen LogP contribution in [0.25, 0.3) is 0 Å². The minimum Gasteiger partial charge on any atom is -0.394 e. The van der Waals surface area contributed by atoms with Crippen LogP contribution in [0, 0.1) is 0 Å². The van der Waals surface area contributed by atoms with E-state index in [9.17, 15) is 15.3 Å². The molecule has 3 unspecified atom stereocenters. The molecule has 1 saturated heterocycles. The topological polar surface area (TPSA) is 99.4 Å². The molecule has 1 aliphatic heterocycles. The molecule has 0 aliphatic carbocycles. The summed E-state index contributed by atoms with van der Waals surface area (Å²) in [6.07, 6.45) is -3.13. The van der Waals surface area contributed by atoms with Crippen LogP contribution in [0.5, 0.6) is 0 Å². The van der Waals surface area contributed by atoms with Crippen molar-refractivity contribution in [2.45, 2.75) is 37.1 Å². The van der Waals surface area contributed by atoms with E-state index in [2.05, 4.69) is 0 Å². The fraction of sp³-hybridized carbons (Fsp3) is 1.00. The third-order valence-corrected chi connectivity index (χ3v) is 3.32. The van der Waals surface area contributed by atoms with E-state index < -0.39 is 37.3 Å². The van der Waals surface area contributed by atoms with Gasteiger partial charge in [-0.3, -0.25) is 0 Å². The van der Waals surface area contributed by atoms with Gasteiger partial charge >= 0.3 is 0 Å². The molecule has 1 heterocycles. The molecular weight excluding hydrogens is 248 g/mol. The van der Waals surface area contributed by atoms with Crippen molar-refractivity contribution in [1.29, 1.82) is 0 Å². The Morgan fingerprint density at radius 2 is 1.88 bits per heavy atom. The number of aliphatic hydroxyl groups excluding tert-OH is 4. The molecule has 0 radical (unpaired) electrons. The Morgan fingerprint density at radius 3 is 2.47 bits per heavy atom. The van der Waals surface area contributed by atoms with E-state index >= 15 is 0 Å². The van der Waals surface area contributed by atoms with Gasteiger partial charge < -0.3 is 29.9 Å². The van der Waals surface area contributed by atoms with E-state index in [1.54, 1.807) is 11.8 Å². The molecule has 0 amide bonds. The van der Waals surface area contributed by atoms with Crippen molar-refractivity contribution >= 4 is 11.8 Å². The average molecular weight is 268 g/mol. The van der Waals surface area contributed by atoms with Gasteiger partial charge in [0, 0.05) is 0 Å². The summed E-state index contributed by atoms with van der Waals surface area (Å²) in [6.45, 7) is -0.0425. The Bertz CT molecular complexity index is 215. The summed E-state index contributed by atoms with van der Waals surface area (Å²) < 4.78 is 10.5. The lowest BCUT2D eigenvalue weighted by molar-refractivity contribution is -0.300. The van der Waals surface area contributed by atoms with Crippen molar-refractivity contribution in [3.05, 3.63) is 0 Å². The minimum atomic E-state index is -1.37. The molecule has 6 nitrogen and oxygen atoms in total. The highest BCUT2D eigenvalue weighted by Gasteiger charge is 2.43. The van der Waals surface area contributed by atoms with Crippen LogP contribution in [0.15, 0.2) is 0 Å². The highest BCUT2D eigenvalue weighted by molar-refractivity contribution is 7.98. The maximum atomic E-state index is 9.63. The van der Waals surface area contributed by atoms with Crippen LogP contribution in [0.2, 0.25) is 0 Å². The van der Waals surface area contributed by atoms with Gasteiger partial charge in [0.25, 0.3) is 0 Å². The highest BCUT2D eigenvalue weighted by Crippen LogP contribution is 2.22. The van der Waals surface area contributed by atoms with E-state index in [4.69, 9.17) is 14.6 Å². The summed E-state index contributed by atoms with van der Waals surface area (Å²) in [5.41, 5.74) is 0. The Kier molecular flexibility index (Phi) is 6.71. The first-order valence-electron chi connectivity index (χ1n) is 5.53. The molecule has 4 N–H and O–H groups in total. The van der Waals surface area contributed by atoms with Crippen LogP contribution >= 0.6 is 11.8 Å². The number of hydrogen-bond donors (Lipinski definition) is 4. The van der Waals surface area contributed by atoms with E-state index in [1.165, 1.54) is 0 Å². The fourth-order valence-corrected chi connectivity index (χ4v) is 2.01. The summed E-state index contributed by atoms with van der Waals surface area (Å²) >= 11 is 1.68. The maximum absolute atomic E-state index is 9.63. The van der Waals surface area contributed by atoms with E-state index in [1.807, 2.05) is 6.26 Å². The molecule has 1 fully saturated rings. The standard InChI is InChI=1S/C10H20O6S/c1-17-4-2-3-15-10-9(14)8(13)7(12)6(5-11)16-10/h6-14H,2-5H2,1H3/t6?,7-,8?,9?,10+/m1/s1. The average Bonchev–Trinajstić information content (AvgIpc) is 2.34. The van der Waals surface area contributed by atoms with Gasteiger partial charge in [-0.05, 0) is 18.4 Å². The second-order valence-electron chi connectivity index (χ2n) is 3.91. The van der Waals surface area contributed by atoms with Crippen LogP contribution in [-0.4, -0.2) is 76.4 Å². The predicted octanol–water partition coefficient (Wildman–Crippen LogP) is -1.44. The summed E-state index contributed by atoms with van der Waals surface area (Å²) in [5.74, 6) is 0.928. The van der Waals surface area contributed by atoms with Crippen molar-refractivity contribution in [3.8, 4) is 0 Å². The predicted molar refractivity (Wildman–Crippen MR) is 62.7 cm³/mol. The van der Waals surface area contributed by atoms with Gasteiger partial charge in [0.1, 0.15) is 24.4 Å². The molecule has 0 bridgehead atoms. The number of rotatable bonds is 6. The van der Waals surface area contributed by atoms with Gasteiger partial charge in [-0.15, -0.1) is 0 Å². The van der Waals surface area contributed by atoms with Gasteiger partial charge in [0.2, 0.25) is 0 Å². The number of thioether (sulfide) groups is 1. The number of aliphatic hydroxyl groups is 4. The zero-order valence-electron chi connectivity index (χ0n) is 9.73. The number of hydrogen-bond acceptors (Lipinski definition) is 7. The highest BCUT2D eigenvalue weighted by atomic mass is 32.2. The van der Waals surface area contributed by atoms with Crippen molar-refractivity contribution in [1.82, 2.24) is 0 Å². The maximum Gasteiger partial charge on any atom is 0.186 e. The summed E-state index contributed by atoms with van der Waals surface area (Å²) in [4.78, 5) is 0. The number of ether oxygens (including phenoxy) is 2. The molecule has 0 aromatic rings. The van der Waals surface area contributed by atoms with Crippen molar-refractivity contribution in [2.75, 3.05) is 25.2 Å². The monoisotopic (exact) mass is 268 g/mol. The molecule has 0 spiro atoms. The first-order chi connectivity index (χ1) is 8.11. The first kappa shape index (κ1) is 15.2. The zero-order valence-corrected chi connectivity index (χ0v) is 10.5. The molecule has 7 heteroatoms. The van der Waals surface area contributed by atoms with Crippen LogP contribution in [0.1, 0.15) is 6.42 Å². The third kappa shape index (κ3) is 4.06. The molecule has 1 rings (SSSR count). The summed E-state index contributed by atoms with van der Waals surface area (Å²) in [7, 11) is 0.